The molecule has 3 nitrogen and oxygen atoms in total. The van der Waals surface area contributed by atoms with E-state index in [4.69, 9.17) is 11.6 Å². The number of benzene rings is 1. The number of piperidine rings is 1. The highest BCUT2D eigenvalue weighted by molar-refractivity contribution is 6.33. The van der Waals surface area contributed by atoms with Gasteiger partial charge in [0.2, 0.25) is 0 Å². The molecule has 21 heavy (non-hydrogen) atoms. The molecule has 1 amide bonds. The fourth-order valence-corrected chi connectivity index (χ4v) is 3.00. The highest BCUT2D eigenvalue weighted by atomic mass is 35.5. The summed E-state index contributed by atoms with van der Waals surface area (Å²) in [7, 11) is 0. The number of rotatable bonds is 5. The van der Waals surface area contributed by atoms with E-state index in [1.165, 1.54) is 25.0 Å². The summed E-state index contributed by atoms with van der Waals surface area (Å²) in [4.78, 5) is 14.3. The lowest BCUT2D eigenvalue weighted by Crippen LogP contribution is -2.46. The Bertz CT molecular complexity index is 469. The van der Waals surface area contributed by atoms with Crippen LogP contribution in [0, 0.1) is 5.82 Å². The number of carbonyl (C=O) groups excluding carboxylic acids is 1. The van der Waals surface area contributed by atoms with Gasteiger partial charge in [-0.1, -0.05) is 31.0 Å². The molecule has 0 bridgehead atoms. The highest BCUT2D eigenvalue weighted by Gasteiger charge is 2.24. The smallest absolute Gasteiger partial charge is 0.258 e. The van der Waals surface area contributed by atoms with Crippen LogP contribution in [0.1, 0.15) is 43.0 Å². The predicted octanol–water partition coefficient (Wildman–Crippen LogP) is 3.47. The van der Waals surface area contributed by atoms with Gasteiger partial charge in [-0.3, -0.25) is 4.79 Å². The normalized spacial score (nSPS) is 18.5. The van der Waals surface area contributed by atoms with E-state index in [1.807, 2.05) is 6.92 Å². The van der Waals surface area contributed by atoms with Crippen LogP contribution in [0.25, 0.3) is 0 Å². The van der Waals surface area contributed by atoms with E-state index < -0.39 is 5.82 Å². The number of hydrogen-bond acceptors (Lipinski definition) is 2. The molecule has 1 saturated heterocycles. The lowest BCUT2D eigenvalue weighted by atomic mass is 10.0. The van der Waals surface area contributed by atoms with Gasteiger partial charge in [-0.25, -0.2) is 4.39 Å². The molecule has 1 aromatic rings. The van der Waals surface area contributed by atoms with E-state index in [9.17, 15) is 9.18 Å². The zero-order valence-corrected chi connectivity index (χ0v) is 13.1. The SMILES string of the molecule is CCCN(CC1CCCCN1)C(=O)c1c(F)cccc1Cl. The van der Waals surface area contributed by atoms with Gasteiger partial charge in [0.1, 0.15) is 5.82 Å². The first-order valence-corrected chi connectivity index (χ1v) is 7.98. The number of nitrogens with one attached hydrogen (secondary N) is 1. The summed E-state index contributed by atoms with van der Waals surface area (Å²) in [5, 5.41) is 3.60. The lowest BCUT2D eigenvalue weighted by Gasteiger charge is -2.30. The summed E-state index contributed by atoms with van der Waals surface area (Å²) in [5.41, 5.74) is -0.0107. The van der Waals surface area contributed by atoms with Gasteiger partial charge in [0, 0.05) is 19.1 Å². The van der Waals surface area contributed by atoms with Crippen molar-refractivity contribution < 1.29 is 9.18 Å². The van der Waals surface area contributed by atoms with E-state index in [0.717, 1.165) is 19.4 Å². The number of carbonyl (C=O) groups is 1. The maximum Gasteiger partial charge on any atom is 0.258 e. The third-order valence-corrected chi connectivity index (χ3v) is 4.13. The average molecular weight is 313 g/mol. The van der Waals surface area contributed by atoms with Crippen LogP contribution in [-0.4, -0.2) is 36.5 Å². The first-order chi connectivity index (χ1) is 10.1. The molecule has 1 unspecified atom stereocenters. The summed E-state index contributed by atoms with van der Waals surface area (Å²) in [6.45, 7) is 4.22. The van der Waals surface area contributed by atoms with Crippen LogP contribution in [0.3, 0.4) is 0 Å². The molecule has 0 saturated carbocycles. The summed E-state index contributed by atoms with van der Waals surface area (Å²) in [6.07, 6.45) is 4.24. The fourth-order valence-electron chi connectivity index (χ4n) is 2.75. The van der Waals surface area contributed by atoms with E-state index >= 15 is 0 Å². The Kier molecular flexibility index (Phi) is 6.00. The first-order valence-electron chi connectivity index (χ1n) is 7.60. The minimum Gasteiger partial charge on any atom is -0.337 e. The zero-order chi connectivity index (χ0) is 15.2. The van der Waals surface area contributed by atoms with Gasteiger partial charge in [-0.2, -0.15) is 0 Å². The van der Waals surface area contributed by atoms with Crippen LogP contribution >= 0.6 is 11.6 Å². The predicted molar refractivity (Wildman–Crippen MR) is 83.2 cm³/mol. The molecule has 0 spiro atoms. The molecular formula is C16H22ClFN2O. The lowest BCUT2D eigenvalue weighted by molar-refractivity contribution is 0.0727. The first kappa shape index (κ1) is 16.2. The Morgan fingerprint density at radius 3 is 2.90 bits per heavy atom. The topological polar surface area (TPSA) is 32.3 Å². The van der Waals surface area contributed by atoms with Crippen LogP contribution in [0.4, 0.5) is 4.39 Å². The van der Waals surface area contributed by atoms with Crippen molar-refractivity contribution >= 4 is 17.5 Å². The molecule has 0 aromatic heterocycles. The average Bonchev–Trinajstić information content (AvgIpc) is 2.47. The molecular weight excluding hydrogens is 291 g/mol. The molecule has 1 fully saturated rings. The minimum absolute atomic E-state index is 0.0107. The molecule has 1 aromatic carbocycles. The van der Waals surface area contributed by atoms with Gasteiger partial charge in [0.25, 0.3) is 5.91 Å². The quantitative estimate of drug-likeness (QED) is 0.903. The molecule has 1 N–H and O–H groups in total. The molecule has 0 radical (unpaired) electrons. The van der Waals surface area contributed by atoms with Crippen LogP contribution in [0.5, 0.6) is 0 Å². The Morgan fingerprint density at radius 1 is 1.48 bits per heavy atom. The second-order valence-electron chi connectivity index (χ2n) is 5.49. The molecule has 116 valence electrons. The third kappa shape index (κ3) is 4.17. The number of amides is 1. The summed E-state index contributed by atoms with van der Waals surface area (Å²) >= 11 is 6.01. The van der Waals surface area contributed by atoms with Gasteiger partial charge < -0.3 is 10.2 Å². The van der Waals surface area contributed by atoms with Crippen molar-refractivity contribution in [3.63, 3.8) is 0 Å². The van der Waals surface area contributed by atoms with Gasteiger partial charge >= 0.3 is 0 Å². The van der Waals surface area contributed by atoms with Crippen molar-refractivity contribution in [2.75, 3.05) is 19.6 Å². The van der Waals surface area contributed by atoms with Gasteiger partial charge in [-0.05, 0) is 37.9 Å². The van der Waals surface area contributed by atoms with Gasteiger partial charge in [0.05, 0.1) is 10.6 Å². The number of hydrogen-bond donors (Lipinski definition) is 1. The summed E-state index contributed by atoms with van der Waals surface area (Å²) < 4.78 is 13.9. The maximum absolute atomic E-state index is 13.9. The van der Waals surface area contributed by atoms with Gasteiger partial charge in [-0.15, -0.1) is 0 Å². The molecule has 1 aliphatic heterocycles. The van der Waals surface area contributed by atoms with Crippen LogP contribution in [0.15, 0.2) is 18.2 Å². The molecule has 2 rings (SSSR count). The highest BCUT2D eigenvalue weighted by Crippen LogP contribution is 2.21. The fraction of sp³-hybridized carbons (Fsp3) is 0.562. The Morgan fingerprint density at radius 2 is 2.29 bits per heavy atom. The number of nitrogens with zero attached hydrogens (tertiary/aromatic N) is 1. The van der Waals surface area contributed by atoms with Crippen molar-refractivity contribution in [3.05, 3.63) is 34.6 Å². The molecule has 1 atom stereocenters. The minimum atomic E-state index is -0.551. The van der Waals surface area contributed by atoms with Gasteiger partial charge in [0.15, 0.2) is 0 Å². The van der Waals surface area contributed by atoms with Crippen LogP contribution < -0.4 is 5.32 Å². The van der Waals surface area contributed by atoms with E-state index in [-0.39, 0.29) is 16.5 Å². The van der Waals surface area contributed by atoms with Crippen molar-refractivity contribution in [2.24, 2.45) is 0 Å². The van der Waals surface area contributed by atoms with Crippen molar-refractivity contribution in [3.8, 4) is 0 Å². The molecule has 1 aliphatic rings. The molecule has 1 heterocycles. The largest absolute Gasteiger partial charge is 0.337 e. The van der Waals surface area contributed by atoms with Crippen molar-refractivity contribution in [2.45, 2.75) is 38.6 Å². The third-order valence-electron chi connectivity index (χ3n) is 3.81. The second-order valence-corrected chi connectivity index (χ2v) is 5.90. The van der Waals surface area contributed by atoms with E-state index in [2.05, 4.69) is 5.32 Å². The summed E-state index contributed by atoms with van der Waals surface area (Å²) in [6, 6.07) is 4.64. The summed E-state index contributed by atoms with van der Waals surface area (Å²) in [5.74, 6) is -0.863. The standard InChI is InChI=1S/C16H22ClFN2O/c1-2-10-20(11-12-6-3-4-9-19-12)16(21)15-13(17)7-5-8-14(15)18/h5,7-8,12,19H,2-4,6,9-11H2,1H3. The maximum atomic E-state index is 13.9. The molecule has 5 heteroatoms. The second kappa shape index (κ2) is 7.76. The Labute approximate surface area is 130 Å². The van der Waals surface area contributed by atoms with Crippen LogP contribution in [0.2, 0.25) is 5.02 Å². The monoisotopic (exact) mass is 312 g/mol. The molecule has 0 aliphatic carbocycles. The van der Waals surface area contributed by atoms with E-state index in [0.29, 0.717) is 19.1 Å². The Balaban J connectivity index is 2.14. The van der Waals surface area contributed by atoms with Crippen molar-refractivity contribution in [1.29, 1.82) is 0 Å². The zero-order valence-electron chi connectivity index (χ0n) is 12.4. The van der Waals surface area contributed by atoms with Crippen LogP contribution in [-0.2, 0) is 0 Å². The number of halogens is 2. The Hall–Kier alpha value is -1.13. The van der Waals surface area contributed by atoms with Crippen molar-refractivity contribution in [1.82, 2.24) is 10.2 Å². The van der Waals surface area contributed by atoms with E-state index in [1.54, 1.807) is 11.0 Å².